The maximum absolute atomic E-state index is 11.3. The SMILES string of the molecule is C[C@H](NC(=O)/C=C/c1cccc(Cl)c1)C(=O)O. The molecule has 5 heteroatoms. The zero-order valence-corrected chi connectivity index (χ0v) is 9.94. The fourth-order valence-electron chi connectivity index (χ4n) is 1.11. The summed E-state index contributed by atoms with van der Waals surface area (Å²) < 4.78 is 0. The van der Waals surface area contributed by atoms with Gasteiger partial charge >= 0.3 is 5.97 Å². The Hall–Kier alpha value is -1.81. The first-order valence-corrected chi connectivity index (χ1v) is 5.34. The predicted octanol–water partition coefficient (Wildman–Crippen LogP) is 1.94. The Morgan fingerprint density at radius 3 is 2.76 bits per heavy atom. The quantitative estimate of drug-likeness (QED) is 0.806. The Balaban J connectivity index is 2.59. The summed E-state index contributed by atoms with van der Waals surface area (Å²) in [5, 5.41) is 11.5. The first-order valence-electron chi connectivity index (χ1n) is 4.96. The molecular weight excluding hydrogens is 242 g/mol. The van der Waals surface area contributed by atoms with Crippen LogP contribution in [0.1, 0.15) is 12.5 Å². The van der Waals surface area contributed by atoms with Crippen molar-refractivity contribution in [3.63, 3.8) is 0 Å². The van der Waals surface area contributed by atoms with E-state index in [0.717, 1.165) is 5.56 Å². The number of carboxylic acids is 1. The van der Waals surface area contributed by atoms with Gasteiger partial charge in [-0.15, -0.1) is 0 Å². The van der Waals surface area contributed by atoms with E-state index in [1.807, 2.05) is 0 Å². The Morgan fingerprint density at radius 1 is 1.47 bits per heavy atom. The predicted molar refractivity (Wildman–Crippen MR) is 65.7 cm³/mol. The number of carbonyl (C=O) groups excluding carboxylic acids is 1. The van der Waals surface area contributed by atoms with Gasteiger partial charge in [0.1, 0.15) is 6.04 Å². The van der Waals surface area contributed by atoms with Crippen molar-refractivity contribution >= 4 is 29.6 Å². The van der Waals surface area contributed by atoms with E-state index < -0.39 is 17.9 Å². The number of carbonyl (C=O) groups is 2. The lowest BCUT2D eigenvalue weighted by Gasteiger charge is -2.05. The van der Waals surface area contributed by atoms with Gasteiger partial charge in [-0.05, 0) is 30.7 Å². The maximum atomic E-state index is 11.3. The van der Waals surface area contributed by atoms with Crippen LogP contribution in [-0.4, -0.2) is 23.0 Å². The molecule has 17 heavy (non-hydrogen) atoms. The minimum absolute atomic E-state index is 0.458. The molecule has 0 aliphatic rings. The van der Waals surface area contributed by atoms with E-state index in [1.165, 1.54) is 13.0 Å². The Bertz CT molecular complexity index is 457. The molecule has 0 radical (unpaired) electrons. The van der Waals surface area contributed by atoms with Crippen molar-refractivity contribution < 1.29 is 14.7 Å². The van der Waals surface area contributed by atoms with Gasteiger partial charge in [0, 0.05) is 11.1 Å². The molecule has 0 spiro atoms. The standard InChI is InChI=1S/C12H12ClNO3/c1-8(12(16)17)14-11(15)6-5-9-3-2-4-10(13)7-9/h2-8H,1H3,(H,14,15)(H,16,17)/b6-5+/t8-/m0/s1. The highest BCUT2D eigenvalue weighted by molar-refractivity contribution is 6.30. The van der Waals surface area contributed by atoms with E-state index in [9.17, 15) is 9.59 Å². The minimum atomic E-state index is -1.07. The van der Waals surface area contributed by atoms with Gasteiger partial charge in [0.15, 0.2) is 0 Å². The van der Waals surface area contributed by atoms with Crippen LogP contribution in [0.2, 0.25) is 5.02 Å². The van der Waals surface area contributed by atoms with Crippen LogP contribution >= 0.6 is 11.6 Å². The lowest BCUT2D eigenvalue weighted by atomic mass is 10.2. The average Bonchev–Trinajstić information content (AvgIpc) is 2.26. The molecule has 0 heterocycles. The zero-order chi connectivity index (χ0) is 12.8. The van der Waals surface area contributed by atoms with E-state index in [2.05, 4.69) is 5.32 Å². The molecule has 1 aromatic rings. The molecule has 90 valence electrons. The molecule has 0 saturated carbocycles. The van der Waals surface area contributed by atoms with E-state index in [-0.39, 0.29) is 0 Å². The van der Waals surface area contributed by atoms with Crippen molar-refractivity contribution in [2.24, 2.45) is 0 Å². The number of nitrogens with one attached hydrogen (secondary N) is 1. The number of benzene rings is 1. The van der Waals surface area contributed by atoms with Crippen molar-refractivity contribution in [3.8, 4) is 0 Å². The number of carboxylic acid groups (broad SMARTS) is 1. The molecule has 1 rings (SSSR count). The summed E-state index contributed by atoms with van der Waals surface area (Å²) in [6.45, 7) is 1.40. The average molecular weight is 254 g/mol. The van der Waals surface area contributed by atoms with Gasteiger partial charge in [-0.25, -0.2) is 0 Å². The minimum Gasteiger partial charge on any atom is -0.480 e. The van der Waals surface area contributed by atoms with E-state index in [1.54, 1.807) is 30.3 Å². The van der Waals surface area contributed by atoms with Gasteiger partial charge in [-0.2, -0.15) is 0 Å². The number of halogens is 1. The lowest BCUT2D eigenvalue weighted by Crippen LogP contribution is -2.37. The van der Waals surface area contributed by atoms with Crippen LogP contribution in [0.15, 0.2) is 30.3 Å². The van der Waals surface area contributed by atoms with Crippen LogP contribution in [0.25, 0.3) is 6.08 Å². The molecule has 1 aromatic carbocycles. The van der Waals surface area contributed by atoms with Crippen LogP contribution in [-0.2, 0) is 9.59 Å². The second-order valence-electron chi connectivity index (χ2n) is 3.46. The van der Waals surface area contributed by atoms with Crippen LogP contribution in [0.5, 0.6) is 0 Å². The second-order valence-corrected chi connectivity index (χ2v) is 3.89. The summed E-state index contributed by atoms with van der Waals surface area (Å²) in [4.78, 5) is 21.8. The van der Waals surface area contributed by atoms with Gasteiger partial charge in [-0.1, -0.05) is 23.7 Å². The molecule has 0 aliphatic carbocycles. The lowest BCUT2D eigenvalue weighted by molar-refractivity contribution is -0.140. The van der Waals surface area contributed by atoms with Crippen LogP contribution in [0.4, 0.5) is 0 Å². The Morgan fingerprint density at radius 2 is 2.18 bits per heavy atom. The first-order chi connectivity index (χ1) is 7.99. The van der Waals surface area contributed by atoms with E-state index in [4.69, 9.17) is 16.7 Å². The fraction of sp³-hybridized carbons (Fsp3) is 0.167. The molecule has 0 aliphatic heterocycles. The third kappa shape index (κ3) is 4.70. The normalized spacial score (nSPS) is 12.4. The van der Waals surface area contributed by atoms with Crippen molar-refractivity contribution in [2.45, 2.75) is 13.0 Å². The van der Waals surface area contributed by atoms with E-state index >= 15 is 0 Å². The summed E-state index contributed by atoms with van der Waals surface area (Å²) in [6.07, 6.45) is 2.83. The number of hydrogen-bond donors (Lipinski definition) is 2. The number of hydrogen-bond acceptors (Lipinski definition) is 2. The van der Waals surface area contributed by atoms with Crippen molar-refractivity contribution in [2.75, 3.05) is 0 Å². The molecular formula is C12H12ClNO3. The monoisotopic (exact) mass is 253 g/mol. The van der Waals surface area contributed by atoms with Crippen LogP contribution in [0, 0.1) is 0 Å². The zero-order valence-electron chi connectivity index (χ0n) is 9.18. The summed E-state index contributed by atoms with van der Waals surface area (Å²) in [6, 6.07) is 6.07. The smallest absolute Gasteiger partial charge is 0.325 e. The summed E-state index contributed by atoms with van der Waals surface area (Å²) in [5.41, 5.74) is 0.774. The maximum Gasteiger partial charge on any atom is 0.325 e. The highest BCUT2D eigenvalue weighted by atomic mass is 35.5. The second kappa shape index (κ2) is 6.06. The van der Waals surface area contributed by atoms with E-state index in [0.29, 0.717) is 5.02 Å². The number of aliphatic carboxylic acids is 1. The molecule has 2 N–H and O–H groups in total. The molecule has 0 bridgehead atoms. The largest absolute Gasteiger partial charge is 0.480 e. The number of amides is 1. The van der Waals surface area contributed by atoms with Crippen LogP contribution < -0.4 is 5.32 Å². The fourth-order valence-corrected chi connectivity index (χ4v) is 1.30. The number of rotatable bonds is 4. The molecule has 0 unspecified atom stereocenters. The van der Waals surface area contributed by atoms with Gasteiger partial charge < -0.3 is 10.4 Å². The molecule has 1 atom stereocenters. The van der Waals surface area contributed by atoms with Crippen LogP contribution in [0.3, 0.4) is 0 Å². The topological polar surface area (TPSA) is 66.4 Å². The summed E-state index contributed by atoms with van der Waals surface area (Å²) >= 11 is 5.77. The third-order valence-electron chi connectivity index (χ3n) is 2.01. The van der Waals surface area contributed by atoms with Gasteiger partial charge in [0.05, 0.1) is 0 Å². The van der Waals surface area contributed by atoms with Crippen molar-refractivity contribution in [3.05, 3.63) is 40.9 Å². The first kappa shape index (κ1) is 13.3. The van der Waals surface area contributed by atoms with Crippen molar-refractivity contribution in [1.82, 2.24) is 5.32 Å². The summed E-state index contributed by atoms with van der Waals surface area (Å²) in [5.74, 6) is -1.53. The molecule has 0 aromatic heterocycles. The van der Waals surface area contributed by atoms with Gasteiger partial charge in [0.25, 0.3) is 0 Å². The molecule has 0 fully saturated rings. The Labute approximate surface area is 104 Å². The van der Waals surface area contributed by atoms with Crippen molar-refractivity contribution in [1.29, 1.82) is 0 Å². The molecule has 4 nitrogen and oxygen atoms in total. The highest BCUT2D eigenvalue weighted by Crippen LogP contribution is 2.11. The molecule has 1 amide bonds. The third-order valence-corrected chi connectivity index (χ3v) is 2.24. The molecule has 0 saturated heterocycles. The summed E-state index contributed by atoms with van der Waals surface area (Å²) in [7, 11) is 0. The van der Waals surface area contributed by atoms with Gasteiger partial charge in [0.2, 0.25) is 5.91 Å². The van der Waals surface area contributed by atoms with Gasteiger partial charge in [-0.3, -0.25) is 9.59 Å². The Kier molecular flexibility index (Phi) is 4.72. The highest BCUT2D eigenvalue weighted by Gasteiger charge is 2.11.